The third kappa shape index (κ3) is 2.09. The van der Waals surface area contributed by atoms with Gasteiger partial charge in [0.15, 0.2) is 0 Å². The fourth-order valence-corrected chi connectivity index (χ4v) is 1.80. The van der Waals surface area contributed by atoms with Gasteiger partial charge in [-0.2, -0.15) is 0 Å². The van der Waals surface area contributed by atoms with Crippen LogP contribution in [0.3, 0.4) is 0 Å². The number of carboxylic acid groups (broad SMARTS) is 1. The fourth-order valence-electron chi connectivity index (χ4n) is 1.80. The van der Waals surface area contributed by atoms with Gasteiger partial charge in [0.2, 0.25) is 0 Å². The maximum Gasteiger partial charge on any atom is 0.351 e. The smallest absolute Gasteiger partial charge is 0.351 e. The van der Waals surface area contributed by atoms with Crippen LogP contribution in [0.4, 0.5) is 0 Å². The lowest BCUT2D eigenvalue weighted by Crippen LogP contribution is -2.49. The number of carbonyl (C=O) groups is 1. The second-order valence-electron chi connectivity index (χ2n) is 3.11. The van der Waals surface area contributed by atoms with Crippen LogP contribution >= 0.6 is 24.8 Å². The van der Waals surface area contributed by atoms with Gasteiger partial charge in [0.05, 0.1) is 0 Å². The Morgan fingerprint density at radius 3 is 2.54 bits per heavy atom. The molecule has 0 amide bonds. The first-order valence-corrected chi connectivity index (χ1v) is 3.99. The van der Waals surface area contributed by atoms with E-state index in [0.717, 1.165) is 19.4 Å². The number of rotatable bonds is 1. The van der Waals surface area contributed by atoms with Crippen LogP contribution in [0.25, 0.3) is 0 Å². The summed E-state index contributed by atoms with van der Waals surface area (Å²) in [5.74, 6) is -0.769. The summed E-state index contributed by atoms with van der Waals surface area (Å²) in [6.07, 6.45) is 5.07. The molecule has 2 aliphatic rings. The van der Waals surface area contributed by atoms with Gasteiger partial charge in [0.25, 0.3) is 0 Å². The molecule has 5 heteroatoms. The molecule has 1 N–H and O–H groups in total. The van der Waals surface area contributed by atoms with Crippen LogP contribution in [0.5, 0.6) is 0 Å². The zero-order valence-corrected chi connectivity index (χ0v) is 8.74. The number of hydrogen-bond acceptors (Lipinski definition) is 2. The van der Waals surface area contributed by atoms with Crippen molar-refractivity contribution in [1.29, 1.82) is 0 Å². The Bertz CT molecular complexity index is 230. The number of aliphatic carboxylic acids is 1. The fraction of sp³-hybridized carbons (Fsp3) is 0.625. The van der Waals surface area contributed by atoms with Gasteiger partial charge in [-0.25, -0.2) is 4.79 Å². The Hall–Kier alpha value is -0.410. The highest BCUT2D eigenvalue weighted by Gasteiger charge is 2.34. The van der Waals surface area contributed by atoms with Crippen molar-refractivity contribution in [3.8, 4) is 0 Å². The van der Waals surface area contributed by atoms with E-state index in [1.54, 1.807) is 0 Å². The van der Waals surface area contributed by atoms with Gasteiger partial charge in [-0.3, -0.25) is 0 Å². The van der Waals surface area contributed by atoms with Crippen LogP contribution in [-0.4, -0.2) is 28.6 Å². The maximum absolute atomic E-state index is 10.6. The van der Waals surface area contributed by atoms with E-state index in [9.17, 15) is 4.79 Å². The molecule has 0 aromatic carbocycles. The van der Waals surface area contributed by atoms with Crippen molar-refractivity contribution < 1.29 is 9.90 Å². The molecule has 0 bridgehead atoms. The first-order valence-electron chi connectivity index (χ1n) is 3.99. The Morgan fingerprint density at radius 2 is 2.15 bits per heavy atom. The minimum atomic E-state index is -0.769. The molecule has 1 fully saturated rings. The SMILES string of the molecule is Cl.Cl.O=C(O)C1=CCCC2CCN12. The summed E-state index contributed by atoms with van der Waals surface area (Å²) in [6, 6.07) is 0.533. The number of allylic oxidation sites excluding steroid dienone is 1. The van der Waals surface area contributed by atoms with E-state index >= 15 is 0 Å². The molecule has 0 radical (unpaired) electrons. The standard InChI is InChI=1S/C8H11NO2.2ClH/c10-8(11)7-3-1-2-6-4-5-9(6)7;;/h3,6H,1-2,4-5H2,(H,10,11);2*1H. The van der Waals surface area contributed by atoms with E-state index in [4.69, 9.17) is 5.11 Å². The molecule has 0 aliphatic carbocycles. The molecule has 2 heterocycles. The van der Waals surface area contributed by atoms with E-state index in [1.807, 2.05) is 11.0 Å². The summed E-state index contributed by atoms with van der Waals surface area (Å²) in [4.78, 5) is 12.6. The molecule has 2 aliphatic heterocycles. The van der Waals surface area contributed by atoms with Crippen molar-refractivity contribution in [3.63, 3.8) is 0 Å². The quantitative estimate of drug-likeness (QED) is 0.739. The molecule has 3 nitrogen and oxygen atoms in total. The summed E-state index contributed by atoms with van der Waals surface area (Å²) in [7, 11) is 0. The van der Waals surface area contributed by atoms with Gasteiger partial charge in [0, 0.05) is 12.6 Å². The van der Waals surface area contributed by atoms with E-state index in [-0.39, 0.29) is 24.8 Å². The summed E-state index contributed by atoms with van der Waals surface area (Å²) < 4.78 is 0. The highest BCUT2D eigenvalue weighted by atomic mass is 35.5. The molecule has 1 saturated heterocycles. The van der Waals surface area contributed by atoms with Gasteiger partial charge < -0.3 is 10.0 Å². The molecule has 13 heavy (non-hydrogen) atoms. The zero-order chi connectivity index (χ0) is 7.84. The van der Waals surface area contributed by atoms with Gasteiger partial charge in [-0.1, -0.05) is 6.08 Å². The van der Waals surface area contributed by atoms with Crippen LogP contribution in [0.2, 0.25) is 0 Å². The predicted molar refractivity (Wildman–Crippen MR) is 54.6 cm³/mol. The number of halogens is 2. The van der Waals surface area contributed by atoms with Crippen LogP contribution in [0.15, 0.2) is 11.8 Å². The highest BCUT2D eigenvalue weighted by molar-refractivity contribution is 5.86. The van der Waals surface area contributed by atoms with Crippen LogP contribution < -0.4 is 0 Å². The van der Waals surface area contributed by atoms with Crippen molar-refractivity contribution in [2.45, 2.75) is 25.3 Å². The maximum atomic E-state index is 10.6. The highest BCUT2D eigenvalue weighted by Crippen LogP contribution is 2.30. The molecular weight excluding hydrogens is 213 g/mol. The lowest BCUT2D eigenvalue weighted by molar-refractivity contribution is -0.136. The third-order valence-corrected chi connectivity index (χ3v) is 2.51. The molecule has 0 spiro atoms. The van der Waals surface area contributed by atoms with Gasteiger partial charge in [-0.15, -0.1) is 24.8 Å². The summed E-state index contributed by atoms with van der Waals surface area (Å²) in [6.45, 7) is 0.933. The Morgan fingerprint density at radius 1 is 1.46 bits per heavy atom. The number of fused-ring (bicyclic) bond motifs is 1. The summed E-state index contributed by atoms with van der Waals surface area (Å²) in [5, 5.41) is 8.75. The number of carboxylic acids is 1. The van der Waals surface area contributed by atoms with Crippen molar-refractivity contribution >= 4 is 30.8 Å². The van der Waals surface area contributed by atoms with E-state index in [2.05, 4.69) is 0 Å². The number of nitrogens with zero attached hydrogens (tertiary/aromatic N) is 1. The van der Waals surface area contributed by atoms with Crippen molar-refractivity contribution in [2.24, 2.45) is 0 Å². The largest absolute Gasteiger partial charge is 0.477 e. The van der Waals surface area contributed by atoms with Crippen molar-refractivity contribution in [3.05, 3.63) is 11.8 Å². The van der Waals surface area contributed by atoms with Crippen molar-refractivity contribution in [2.75, 3.05) is 6.54 Å². The molecule has 76 valence electrons. The predicted octanol–water partition coefficient (Wildman–Crippen LogP) is 1.67. The van der Waals surface area contributed by atoms with Gasteiger partial charge in [0.1, 0.15) is 5.70 Å². The average molecular weight is 226 g/mol. The molecule has 0 saturated carbocycles. The molecule has 2 rings (SSSR count). The first-order chi connectivity index (χ1) is 5.29. The minimum Gasteiger partial charge on any atom is -0.477 e. The Kier molecular flexibility index (Phi) is 4.57. The molecular formula is C8H13Cl2NO2. The normalized spacial score (nSPS) is 24.2. The van der Waals surface area contributed by atoms with Crippen LogP contribution in [-0.2, 0) is 4.79 Å². The second-order valence-corrected chi connectivity index (χ2v) is 3.11. The summed E-state index contributed by atoms with van der Waals surface area (Å²) >= 11 is 0. The average Bonchev–Trinajstić information content (AvgIpc) is 1.90. The molecule has 1 atom stereocenters. The van der Waals surface area contributed by atoms with E-state index < -0.39 is 5.97 Å². The van der Waals surface area contributed by atoms with E-state index in [1.165, 1.54) is 6.42 Å². The van der Waals surface area contributed by atoms with Gasteiger partial charge in [-0.05, 0) is 19.3 Å². The first kappa shape index (κ1) is 12.6. The Labute approximate surface area is 89.6 Å². The molecule has 0 aromatic heterocycles. The lowest BCUT2D eigenvalue weighted by atomic mass is 9.93. The third-order valence-electron chi connectivity index (χ3n) is 2.51. The molecule has 1 unspecified atom stereocenters. The number of hydrogen-bond donors (Lipinski definition) is 1. The Balaban J connectivity index is 0.000000720. The second kappa shape index (κ2) is 4.72. The minimum absolute atomic E-state index is 0. The zero-order valence-electron chi connectivity index (χ0n) is 7.10. The van der Waals surface area contributed by atoms with Crippen LogP contribution in [0, 0.1) is 0 Å². The molecule has 0 aromatic rings. The lowest BCUT2D eigenvalue weighted by Gasteiger charge is -2.45. The monoisotopic (exact) mass is 225 g/mol. The van der Waals surface area contributed by atoms with Gasteiger partial charge >= 0.3 is 5.97 Å². The van der Waals surface area contributed by atoms with Crippen molar-refractivity contribution in [1.82, 2.24) is 4.90 Å². The van der Waals surface area contributed by atoms with E-state index in [0.29, 0.717) is 11.7 Å². The van der Waals surface area contributed by atoms with Crippen LogP contribution in [0.1, 0.15) is 19.3 Å². The summed E-state index contributed by atoms with van der Waals surface area (Å²) in [5.41, 5.74) is 0.521. The topological polar surface area (TPSA) is 40.5 Å².